The van der Waals surface area contributed by atoms with Crippen molar-refractivity contribution in [1.82, 2.24) is 9.88 Å². The highest BCUT2D eigenvalue weighted by Gasteiger charge is 2.27. The van der Waals surface area contributed by atoms with Gasteiger partial charge in [-0.2, -0.15) is 0 Å². The van der Waals surface area contributed by atoms with Crippen molar-refractivity contribution in [2.24, 2.45) is 5.92 Å². The van der Waals surface area contributed by atoms with Gasteiger partial charge in [0.25, 0.3) is 0 Å². The van der Waals surface area contributed by atoms with E-state index in [1.54, 1.807) is 11.3 Å². The number of oxazole rings is 1. The Bertz CT molecular complexity index is 885. The SMILES string of the molecule is Cc1oc(-c2ccccc2Cl)nc1CN1CCC([C@@H](O)c2cccs2)CC1. The fourth-order valence-corrected chi connectivity index (χ4v) is 4.67. The van der Waals surface area contributed by atoms with Gasteiger partial charge in [-0.3, -0.25) is 4.90 Å². The van der Waals surface area contributed by atoms with Crippen LogP contribution in [0.4, 0.5) is 0 Å². The molecule has 3 heterocycles. The Balaban J connectivity index is 1.39. The quantitative estimate of drug-likeness (QED) is 0.628. The maximum absolute atomic E-state index is 10.6. The van der Waals surface area contributed by atoms with Gasteiger partial charge in [0.15, 0.2) is 0 Å². The van der Waals surface area contributed by atoms with Gasteiger partial charge < -0.3 is 9.52 Å². The molecule has 27 heavy (non-hydrogen) atoms. The zero-order chi connectivity index (χ0) is 18.8. The number of nitrogens with zero attached hydrogens (tertiary/aromatic N) is 2. The summed E-state index contributed by atoms with van der Waals surface area (Å²) in [5.41, 5.74) is 1.79. The summed E-state index contributed by atoms with van der Waals surface area (Å²) in [7, 11) is 0. The molecule has 4 rings (SSSR count). The molecule has 1 N–H and O–H groups in total. The molecule has 0 aliphatic carbocycles. The van der Waals surface area contributed by atoms with E-state index in [1.165, 1.54) is 0 Å². The monoisotopic (exact) mass is 402 g/mol. The van der Waals surface area contributed by atoms with Crippen molar-refractivity contribution in [1.29, 1.82) is 0 Å². The molecule has 1 aliphatic rings. The Morgan fingerprint density at radius 1 is 1.26 bits per heavy atom. The molecule has 1 atom stereocenters. The zero-order valence-corrected chi connectivity index (χ0v) is 16.8. The lowest BCUT2D eigenvalue weighted by molar-refractivity contribution is 0.0586. The molecule has 1 fully saturated rings. The van der Waals surface area contributed by atoms with E-state index in [4.69, 9.17) is 16.0 Å². The minimum atomic E-state index is -0.340. The maximum Gasteiger partial charge on any atom is 0.228 e. The third-order valence-corrected chi connectivity index (χ3v) is 6.56. The predicted molar refractivity (Wildman–Crippen MR) is 109 cm³/mol. The summed E-state index contributed by atoms with van der Waals surface area (Å²) in [5.74, 6) is 1.75. The lowest BCUT2D eigenvalue weighted by Gasteiger charge is -2.33. The average molecular weight is 403 g/mol. The Kier molecular flexibility index (Phi) is 5.64. The van der Waals surface area contributed by atoms with Gasteiger partial charge in [0.05, 0.1) is 22.4 Å². The van der Waals surface area contributed by atoms with Crippen LogP contribution in [0.15, 0.2) is 46.2 Å². The third kappa shape index (κ3) is 4.11. The molecular formula is C21H23ClN2O2S. The first-order chi connectivity index (χ1) is 13.1. The van der Waals surface area contributed by atoms with E-state index in [1.807, 2.05) is 48.7 Å². The number of benzene rings is 1. The van der Waals surface area contributed by atoms with Crippen molar-refractivity contribution >= 4 is 22.9 Å². The molecule has 142 valence electrons. The van der Waals surface area contributed by atoms with Crippen LogP contribution in [0.25, 0.3) is 11.5 Å². The second-order valence-electron chi connectivity index (χ2n) is 7.08. The number of likely N-dealkylation sites (tertiary alicyclic amines) is 1. The molecule has 0 bridgehead atoms. The van der Waals surface area contributed by atoms with Crippen molar-refractivity contribution < 1.29 is 9.52 Å². The summed E-state index contributed by atoms with van der Waals surface area (Å²) >= 11 is 7.90. The molecule has 1 aliphatic heterocycles. The van der Waals surface area contributed by atoms with E-state index in [9.17, 15) is 5.11 Å². The fourth-order valence-electron chi connectivity index (χ4n) is 3.66. The molecule has 6 heteroatoms. The van der Waals surface area contributed by atoms with E-state index in [0.29, 0.717) is 16.8 Å². The molecular weight excluding hydrogens is 380 g/mol. The highest BCUT2D eigenvalue weighted by molar-refractivity contribution is 7.10. The highest BCUT2D eigenvalue weighted by atomic mass is 35.5. The summed E-state index contributed by atoms with van der Waals surface area (Å²) in [6.45, 7) is 4.64. The number of aliphatic hydroxyl groups is 1. The van der Waals surface area contributed by atoms with E-state index in [2.05, 4.69) is 9.88 Å². The number of aliphatic hydroxyl groups excluding tert-OH is 1. The van der Waals surface area contributed by atoms with Gasteiger partial charge in [0, 0.05) is 11.4 Å². The second-order valence-corrected chi connectivity index (χ2v) is 8.46. The average Bonchev–Trinajstić information content (AvgIpc) is 3.33. The Hall–Kier alpha value is -1.66. The van der Waals surface area contributed by atoms with Gasteiger partial charge in [-0.1, -0.05) is 29.8 Å². The normalized spacial score (nSPS) is 17.3. The highest BCUT2D eigenvalue weighted by Crippen LogP contribution is 2.34. The van der Waals surface area contributed by atoms with E-state index in [-0.39, 0.29) is 6.10 Å². The van der Waals surface area contributed by atoms with Crippen molar-refractivity contribution in [3.05, 3.63) is 63.1 Å². The van der Waals surface area contributed by atoms with Crippen LogP contribution in [-0.4, -0.2) is 28.1 Å². The van der Waals surface area contributed by atoms with Crippen LogP contribution in [0.2, 0.25) is 5.02 Å². The summed E-state index contributed by atoms with van der Waals surface area (Å²) < 4.78 is 5.87. The number of hydrogen-bond acceptors (Lipinski definition) is 5. The molecule has 0 unspecified atom stereocenters. The van der Waals surface area contributed by atoms with E-state index in [0.717, 1.165) is 54.4 Å². The van der Waals surface area contributed by atoms with Gasteiger partial charge in [-0.05, 0) is 62.4 Å². The number of hydrogen-bond donors (Lipinski definition) is 1. The Morgan fingerprint density at radius 2 is 2.04 bits per heavy atom. The molecule has 2 aromatic heterocycles. The molecule has 3 aromatic rings. The van der Waals surface area contributed by atoms with E-state index >= 15 is 0 Å². The molecule has 4 nitrogen and oxygen atoms in total. The van der Waals surface area contributed by atoms with Gasteiger partial charge in [-0.15, -0.1) is 11.3 Å². The summed E-state index contributed by atoms with van der Waals surface area (Å²) in [5, 5.41) is 13.2. The molecule has 1 aromatic carbocycles. The summed E-state index contributed by atoms with van der Waals surface area (Å²) in [6.07, 6.45) is 1.65. The maximum atomic E-state index is 10.6. The lowest BCUT2D eigenvalue weighted by atomic mass is 9.90. The molecule has 0 saturated carbocycles. The number of thiophene rings is 1. The molecule has 1 saturated heterocycles. The predicted octanol–water partition coefficient (Wildman–Crippen LogP) is 5.31. The Labute approximate surface area is 168 Å². The van der Waals surface area contributed by atoms with Crippen molar-refractivity contribution in [2.75, 3.05) is 13.1 Å². The van der Waals surface area contributed by atoms with Gasteiger partial charge in [0.2, 0.25) is 5.89 Å². The van der Waals surface area contributed by atoms with Gasteiger partial charge in [0.1, 0.15) is 5.76 Å². The largest absolute Gasteiger partial charge is 0.441 e. The van der Waals surface area contributed by atoms with Crippen LogP contribution >= 0.6 is 22.9 Å². The van der Waals surface area contributed by atoms with Crippen molar-refractivity contribution in [3.8, 4) is 11.5 Å². The topological polar surface area (TPSA) is 49.5 Å². The van der Waals surface area contributed by atoms with Crippen LogP contribution < -0.4 is 0 Å². The summed E-state index contributed by atoms with van der Waals surface area (Å²) in [4.78, 5) is 8.15. The first kappa shape index (κ1) is 18.7. The number of aryl methyl sites for hydroxylation is 1. The first-order valence-electron chi connectivity index (χ1n) is 9.27. The van der Waals surface area contributed by atoms with E-state index < -0.39 is 0 Å². The Morgan fingerprint density at radius 3 is 2.74 bits per heavy atom. The molecule has 0 radical (unpaired) electrons. The van der Waals surface area contributed by atoms with Gasteiger partial charge in [-0.25, -0.2) is 4.98 Å². The second kappa shape index (κ2) is 8.15. The number of piperidine rings is 1. The number of halogens is 1. The molecule has 0 amide bonds. The first-order valence-corrected chi connectivity index (χ1v) is 10.5. The van der Waals surface area contributed by atoms with Crippen molar-refractivity contribution in [2.45, 2.75) is 32.4 Å². The van der Waals surface area contributed by atoms with Crippen LogP contribution in [0.3, 0.4) is 0 Å². The van der Waals surface area contributed by atoms with Crippen molar-refractivity contribution in [3.63, 3.8) is 0 Å². The van der Waals surface area contributed by atoms with Crippen LogP contribution in [0.1, 0.15) is 35.3 Å². The van der Waals surface area contributed by atoms with Gasteiger partial charge >= 0.3 is 0 Å². The standard InChI is InChI=1S/C21H23ClN2O2S/c1-14-18(23-21(26-14)16-5-2-3-6-17(16)22)13-24-10-8-15(9-11-24)20(25)19-7-4-12-27-19/h2-7,12,15,20,25H,8-11,13H2,1H3/t20-/m1/s1. The molecule has 0 spiro atoms. The number of rotatable bonds is 5. The van der Waals surface area contributed by atoms with Crippen LogP contribution in [0.5, 0.6) is 0 Å². The number of aromatic nitrogens is 1. The summed E-state index contributed by atoms with van der Waals surface area (Å²) in [6, 6.07) is 11.6. The third-order valence-electron chi connectivity index (χ3n) is 5.28. The minimum absolute atomic E-state index is 0.331. The van der Waals surface area contributed by atoms with Crippen LogP contribution in [-0.2, 0) is 6.54 Å². The smallest absolute Gasteiger partial charge is 0.228 e. The zero-order valence-electron chi connectivity index (χ0n) is 15.3. The lowest BCUT2D eigenvalue weighted by Crippen LogP contribution is -2.35. The fraction of sp³-hybridized carbons (Fsp3) is 0.381. The van der Waals surface area contributed by atoms with Crippen LogP contribution in [0, 0.1) is 12.8 Å². The minimum Gasteiger partial charge on any atom is -0.441 e.